The van der Waals surface area contributed by atoms with Gasteiger partial charge in [0.25, 0.3) is 5.91 Å². The van der Waals surface area contributed by atoms with E-state index >= 15 is 0 Å². The standard InChI is InChI=1S/C18H13F3N4O4S2/c1-31(27,28)17-23-14(12-4-2-3-7-25(12)17)15(26)24-16-22-11-6-5-10(8-13(11)30-16)29-9-18(19,20)21/h2-8H,9H2,1H3,(H,22,24,26). The number of sulfone groups is 1. The minimum atomic E-state index is -4.46. The molecule has 13 heteroatoms. The Bertz CT molecular complexity index is 1410. The van der Waals surface area contributed by atoms with Crippen molar-refractivity contribution in [3.63, 3.8) is 0 Å². The number of nitrogens with zero attached hydrogens (tertiary/aromatic N) is 3. The van der Waals surface area contributed by atoms with Gasteiger partial charge in [-0.05, 0) is 30.3 Å². The third-order valence-electron chi connectivity index (χ3n) is 4.05. The second-order valence-electron chi connectivity index (χ2n) is 6.48. The van der Waals surface area contributed by atoms with E-state index in [4.69, 9.17) is 4.74 Å². The van der Waals surface area contributed by atoms with E-state index < -0.39 is 28.5 Å². The molecule has 0 saturated carbocycles. The lowest BCUT2D eigenvalue weighted by atomic mass is 10.3. The number of pyridine rings is 1. The molecule has 1 N–H and O–H groups in total. The number of carbonyl (C=O) groups is 1. The zero-order valence-corrected chi connectivity index (χ0v) is 17.3. The fourth-order valence-electron chi connectivity index (χ4n) is 2.81. The van der Waals surface area contributed by atoms with Crippen molar-refractivity contribution in [2.75, 3.05) is 18.2 Å². The van der Waals surface area contributed by atoms with Crippen molar-refractivity contribution >= 4 is 47.9 Å². The Morgan fingerprint density at radius 3 is 2.71 bits per heavy atom. The number of hydrogen-bond donors (Lipinski definition) is 1. The van der Waals surface area contributed by atoms with Gasteiger partial charge >= 0.3 is 6.18 Å². The van der Waals surface area contributed by atoms with E-state index in [9.17, 15) is 26.4 Å². The lowest BCUT2D eigenvalue weighted by molar-refractivity contribution is -0.153. The maximum Gasteiger partial charge on any atom is 0.422 e. The van der Waals surface area contributed by atoms with Crippen molar-refractivity contribution in [1.29, 1.82) is 0 Å². The largest absolute Gasteiger partial charge is 0.484 e. The maximum absolute atomic E-state index is 12.8. The van der Waals surface area contributed by atoms with E-state index in [2.05, 4.69) is 15.3 Å². The van der Waals surface area contributed by atoms with Gasteiger partial charge in [-0.1, -0.05) is 17.4 Å². The van der Waals surface area contributed by atoms with Gasteiger partial charge in [0.15, 0.2) is 17.4 Å². The fraction of sp³-hybridized carbons (Fsp3) is 0.167. The van der Waals surface area contributed by atoms with E-state index in [1.165, 1.54) is 28.8 Å². The number of hydrogen-bond acceptors (Lipinski definition) is 7. The Balaban J connectivity index is 1.62. The topological polar surface area (TPSA) is 103 Å². The molecule has 0 aliphatic carbocycles. The summed E-state index contributed by atoms with van der Waals surface area (Å²) >= 11 is 1.03. The predicted molar refractivity (Wildman–Crippen MR) is 107 cm³/mol. The first-order valence-electron chi connectivity index (χ1n) is 8.60. The molecule has 4 rings (SSSR count). The first kappa shape index (κ1) is 21.1. The van der Waals surface area contributed by atoms with Gasteiger partial charge in [-0.3, -0.25) is 14.5 Å². The Hall–Kier alpha value is -3.19. The maximum atomic E-state index is 12.8. The van der Waals surface area contributed by atoms with Gasteiger partial charge in [0.05, 0.1) is 15.7 Å². The van der Waals surface area contributed by atoms with Crippen molar-refractivity contribution in [3.8, 4) is 5.75 Å². The highest BCUT2D eigenvalue weighted by molar-refractivity contribution is 7.90. The molecule has 1 amide bonds. The van der Waals surface area contributed by atoms with Crippen LogP contribution in [0.4, 0.5) is 18.3 Å². The number of anilines is 1. The Morgan fingerprint density at radius 1 is 1.23 bits per heavy atom. The molecule has 3 aromatic heterocycles. The monoisotopic (exact) mass is 470 g/mol. The quantitative estimate of drug-likeness (QED) is 0.479. The highest BCUT2D eigenvalue weighted by atomic mass is 32.2. The van der Waals surface area contributed by atoms with Crippen LogP contribution in [0.3, 0.4) is 0 Å². The molecule has 0 radical (unpaired) electrons. The highest BCUT2D eigenvalue weighted by Gasteiger charge is 2.28. The minimum Gasteiger partial charge on any atom is -0.484 e. The molecule has 4 aromatic rings. The number of alkyl halides is 3. The van der Waals surface area contributed by atoms with Crippen LogP contribution < -0.4 is 10.1 Å². The molecule has 31 heavy (non-hydrogen) atoms. The first-order valence-corrected chi connectivity index (χ1v) is 11.3. The number of ether oxygens (including phenoxy) is 1. The van der Waals surface area contributed by atoms with Crippen LogP contribution in [0.15, 0.2) is 47.8 Å². The molecule has 0 aliphatic rings. The Labute approximate surface area is 177 Å². The third-order valence-corrected chi connectivity index (χ3v) is 5.93. The summed E-state index contributed by atoms with van der Waals surface area (Å²) in [5, 5.41) is 2.46. The zero-order chi connectivity index (χ0) is 22.4. The molecule has 0 saturated heterocycles. The zero-order valence-electron chi connectivity index (χ0n) is 15.7. The molecule has 1 aromatic carbocycles. The molecule has 0 unspecified atom stereocenters. The van der Waals surface area contributed by atoms with Crippen LogP contribution in [0, 0.1) is 0 Å². The fourth-order valence-corrected chi connectivity index (χ4v) is 4.47. The van der Waals surface area contributed by atoms with Gasteiger partial charge in [-0.25, -0.2) is 18.4 Å². The summed E-state index contributed by atoms with van der Waals surface area (Å²) in [6, 6.07) is 9.01. The third kappa shape index (κ3) is 4.46. The summed E-state index contributed by atoms with van der Waals surface area (Å²) in [5.74, 6) is -0.657. The second kappa shape index (κ2) is 7.50. The van der Waals surface area contributed by atoms with Crippen molar-refractivity contribution in [1.82, 2.24) is 14.4 Å². The highest BCUT2D eigenvalue weighted by Crippen LogP contribution is 2.30. The summed E-state index contributed by atoms with van der Waals surface area (Å²) in [6.07, 6.45) is -1.99. The summed E-state index contributed by atoms with van der Waals surface area (Å²) in [6.45, 7) is -1.42. The average molecular weight is 470 g/mol. The van der Waals surface area contributed by atoms with E-state index in [-0.39, 0.29) is 21.7 Å². The van der Waals surface area contributed by atoms with Crippen molar-refractivity contribution in [2.45, 2.75) is 11.3 Å². The Kier molecular flexibility index (Phi) is 5.09. The van der Waals surface area contributed by atoms with Gasteiger partial charge in [0, 0.05) is 12.5 Å². The molecular formula is C18H13F3N4O4S2. The number of rotatable bonds is 5. The summed E-state index contributed by atoms with van der Waals surface area (Å²) in [5.41, 5.74) is 0.644. The lowest BCUT2D eigenvalue weighted by Crippen LogP contribution is -2.19. The van der Waals surface area contributed by atoms with Crippen LogP contribution in [0.2, 0.25) is 0 Å². The SMILES string of the molecule is CS(=O)(=O)c1nc(C(=O)Nc2nc3ccc(OCC(F)(F)F)cc3s2)c2ccccn12. The molecule has 0 bridgehead atoms. The number of carbonyl (C=O) groups excluding carboxylic acids is 1. The van der Waals surface area contributed by atoms with Gasteiger partial charge < -0.3 is 4.74 Å². The van der Waals surface area contributed by atoms with Crippen molar-refractivity contribution in [3.05, 3.63) is 48.3 Å². The van der Waals surface area contributed by atoms with E-state index in [0.29, 0.717) is 15.7 Å². The molecule has 0 spiro atoms. The van der Waals surface area contributed by atoms with Crippen molar-refractivity contribution < 1.29 is 31.1 Å². The van der Waals surface area contributed by atoms with Gasteiger partial charge in [0.1, 0.15) is 5.75 Å². The van der Waals surface area contributed by atoms with E-state index in [0.717, 1.165) is 17.6 Å². The minimum absolute atomic E-state index is 0.0178. The predicted octanol–water partition coefficient (Wildman–Crippen LogP) is 3.54. The number of thiazole rings is 1. The Morgan fingerprint density at radius 2 is 2.00 bits per heavy atom. The summed E-state index contributed by atoms with van der Waals surface area (Å²) in [4.78, 5) is 21.0. The van der Waals surface area contributed by atoms with Gasteiger partial charge in [-0.2, -0.15) is 13.2 Å². The first-order chi connectivity index (χ1) is 14.5. The normalized spacial score (nSPS) is 12.4. The van der Waals surface area contributed by atoms with Crippen LogP contribution >= 0.6 is 11.3 Å². The molecule has 8 nitrogen and oxygen atoms in total. The molecule has 0 aliphatic heterocycles. The number of aromatic nitrogens is 3. The molecule has 0 fully saturated rings. The number of nitrogens with one attached hydrogen (secondary N) is 1. The van der Waals surface area contributed by atoms with E-state index in [1.54, 1.807) is 18.2 Å². The van der Waals surface area contributed by atoms with Gasteiger partial charge in [-0.15, -0.1) is 0 Å². The van der Waals surface area contributed by atoms with Gasteiger partial charge in [0.2, 0.25) is 15.0 Å². The molecule has 162 valence electrons. The second-order valence-corrected chi connectivity index (χ2v) is 9.42. The lowest BCUT2D eigenvalue weighted by Gasteiger charge is -2.08. The van der Waals surface area contributed by atoms with Crippen LogP contribution in [0.5, 0.6) is 5.75 Å². The number of amides is 1. The number of imidazole rings is 1. The number of halogens is 3. The van der Waals surface area contributed by atoms with Crippen molar-refractivity contribution in [2.24, 2.45) is 0 Å². The summed E-state index contributed by atoms with van der Waals surface area (Å²) < 4.78 is 67.5. The molecule has 0 atom stereocenters. The number of benzene rings is 1. The number of fused-ring (bicyclic) bond motifs is 2. The molecular weight excluding hydrogens is 457 g/mol. The smallest absolute Gasteiger partial charge is 0.422 e. The average Bonchev–Trinajstić information content (AvgIpc) is 3.26. The molecule has 3 heterocycles. The van der Waals surface area contributed by atoms with Crippen LogP contribution in [-0.2, 0) is 9.84 Å². The van der Waals surface area contributed by atoms with Crippen LogP contribution in [0.1, 0.15) is 10.5 Å². The van der Waals surface area contributed by atoms with Crippen LogP contribution in [0.25, 0.3) is 15.7 Å². The summed E-state index contributed by atoms with van der Waals surface area (Å²) in [7, 11) is -3.69. The van der Waals surface area contributed by atoms with E-state index in [1.807, 2.05) is 0 Å². The van der Waals surface area contributed by atoms with Crippen LogP contribution in [-0.4, -0.2) is 47.7 Å².